The molecule has 118 valence electrons. The zero-order valence-electron chi connectivity index (χ0n) is 14.4. The summed E-state index contributed by atoms with van der Waals surface area (Å²) in [5.74, 6) is 1.37. The van der Waals surface area contributed by atoms with Gasteiger partial charge in [-0.2, -0.15) is 0 Å². The summed E-state index contributed by atoms with van der Waals surface area (Å²) in [4.78, 5) is 12.5. The van der Waals surface area contributed by atoms with Gasteiger partial charge in [-0.25, -0.2) is 0 Å². The van der Waals surface area contributed by atoms with Gasteiger partial charge in [-0.3, -0.25) is 4.79 Å². The van der Waals surface area contributed by atoms with E-state index in [2.05, 4.69) is 27.7 Å². The van der Waals surface area contributed by atoms with E-state index < -0.39 is 0 Å². The minimum absolute atomic E-state index is 0.0117. The van der Waals surface area contributed by atoms with Gasteiger partial charge in [0.2, 0.25) is 0 Å². The Morgan fingerprint density at radius 2 is 1.50 bits per heavy atom. The van der Waals surface area contributed by atoms with E-state index in [1.807, 2.05) is 13.8 Å². The molecule has 1 fully saturated rings. The van der Waals surface area contributed by atoms with E-state index in [4.69, 9.17) is 4.74 Å². The summed E-state index contributed by atoms with van der Waals surface area (Å²) in [7, 11) is 0. The number of carbonyl (C=O) groups is 1. The van der Waals surface area contributed by atoms with E-state index in [0.29, 0.717) is 5.92 Å². The Labute approximate surface area is 125 Å². The van der Waals surface area contributed by atoms with Crippen molar-refractivity contribution in [3.05, 3.63) is 0 Å². The molecule has 1 rings (SSSR count). The minimum atomic E-state index is -0.364. The fraction of sp³-hybridized carbons (Fsp3) is 0.944. The van der Waals surface area contributed by atoms with Gasteiger partial charge in [-0.05, 0) is 57.8 Å². The van der Waals surface area contributed by atoms with Gasteiger partial charge >= 0.3 is 5.97 Å². The highest BCUT2D eigenvalue weighted by Crippen LogP contribution is 2.42. The maximum atomic E-state index is 12.5. The first-order valence-corrected chi connectivity index (χ1v) is 8.54. The van der Waals surface area contributed by atoms with Crippen LogP contribution in [0.4, 0.5) is 0 Å². The van der Waals surface area contributed by atoms with E-state index in [-0.39, 0.29) is 17.0 Å². The molecule has 1 saturated carbocycles. The first-order chi connectivity index (χ1) is 9.31. The van der Waals surface area contributed by atoms with Crippen molar-refractivity contribution in [2.75, 3.05) is 0 Å². The molecule has 0 radical (unpaired) electrons. The van der Waals surface area contributed by atoms with Gasteiger partial charge in [0, 0.05) is 0 Å². The van der Waals surface area contributed by atoms with Crippen molar-refractivity contribution in [1.82, 2.24) is 0 Å². The van der Waals surface area contributed by atoms with E-state index in [0.717, 1.165) is 25.2 Å². The Morgan fingerprint density at radius 3 is 1.90 bits per heavy atom. The molecule has 0 aromatic carbocycles. The fourth-order valence-electron chi connectivity index (χ4n) is 3.31. The lowest BCUT2D eigenvalue weighted by molar-refractivity contribution is -0.180. The highest BCUT2D eigenvalue weighted by atomic mass is 16.6. The second-order valence-corrected chi connectivity index (χ2v) is 7.36. The van der Waals surface area contributed by atoms with Crippen LogP contribution in [-0.2, 0) is 9.53 Å². The van der Waals surface area contributed by atoms with Gasteiger partial charge in [-0.1, -0.05) is 40.5 Å². The van der Waals surface area contributed by atoms with E-state index in [1.165, 1.54) is 25.7 Å². The van der Waals surface area contributed by atoms with Crippen molar-refractivity contribution in [3.8, 4) is 0 Å². The largest absolute Gasteiger partial charge is 0.458 e. The van der Waals surface area contributed by atoms with Crippen LogP contribution in [-0.4, -0.2) is 11.6 Å². The maximum Gasteiger partial charge on any atom is 0.312 e. The van der Waals surface area contributed by atoms with Gasteiger partial charge in [0.25, 0.3) is 0 Å². The summed E-state index contributed by atoms with van der Waals surface area (Å²) in [5, 5.41) is 0. The molecule has 0 amide bonds. The maximum absolute atomic E-state index is 12.5. The van der Waals surface area contributed by atoms with Crippen LogP contribution in [0.5, 0.6) is 0 Å². The van der Waals surface area contributed by atoms with Crippen LogP contribution in [0.2, 0.25) is 0 Å². The topological polar surface area (TPSA) is 26.3 Å². The van der Waals surface area contributed by atoms with E-state index >= 15 is 0 Å². The molecule has 0 atom stereocenters. The van der Waals surface area contributed by atoms with Crippen LogP contribution in [0.25, 0.3) is 0 Å². The van der Waals surface area contributed by atoms with Crippen LogP contribution >= 0.6 is 0 Å². The average Bonchev–Trinajstić information content (AvgIpc) is 2.45. The van der Waals surface area contributed by atoms with E-state index in [9.17, 15) is 4.79 Å². The van der Waals surface area contributed by atoms with Crippen LogP contribution in [0.15, 0.2) is 0 Å². The molecule has 20 heavy (non-hydrogen) atoms. The Hall–Kier alpha value is -0.530. The summed E-state index contributed by atoms with van der Waals surface area (Å²) >= 11 is 0. The Morgan fingerprint density at radius 1 is 1.00 bits per heavy atom. The summed E-state index contributed by atoms with van der Waals surface area (Å²) in [6.45, 7) is 12.7. The van der Waals surface area contributed by atoms with Gasteiger partial charge < -0.3 is 4.74 Å². The molecule has 2 heteroatoms. The first kappa shape index (κ1) is 17.5. The zero-order chi connectivity index (χ0) is 15.4. The third kappa shape index (κ3) is 3.77. The number of rotatable bonds is 6. The van der Waals surface area contributed by atoms with Crippen LogP contribution < -0.4 is 0 Å². The molecular weight excluding hydrogens is 248 g/mol. The smallest absolute Gasteiger partial charge is 0.312 e. The number of carbonyl (C=O) groups excluding carboxylic acids is 1. The molecule has 2 nitrogen and oxygen atoms in total. The number of hydrogen-bond donors (Lipinski definition) is 0. The predicted molar refractivity (Wildman–Crippen MR) is 84.6 cm³/mol. The van der Waals surface area contributed by atoms with Gasteiger partial charge in [0.05, 0.1) is 5.41 Å². The first-order valence-electron chi connectivity index (χ1n) is 8.54. The average molecular weight is 282 g/mol. The molecule has 0 saturated heterocycles. The Balaban J connectivity index is 2.84. The second kappa shape index (κ2) is 6.95. The lowest BCUT2D eigenvalue weighted by Gasteiger charge is -2.43. The summed E-state index contributed by atoms with van der Waals surface area (Å²) in [6, 6.07) is 0. The van der Waals surface area contributed by atoms with Gasteiger partial charge in [0.15, 0.2) is 0 Å². The number of hydrogen-bond acceptors (Lipinski definition) is 2. The SMILES string of the molecule is CCC(C)(C)C(=O)OC(CC)(CC)C1CCC(C)CC1. The van der Waals surface area contributed by atoms with Gasteiger partial charge in [-0.15, -0.1) is 0 Å². The monoisotopic (exact) mass is 282 g/mol. The highest BCUT2D eigenvalue weighted by molar-refractivity contribution is 5.76. The molecule has 1 aliphatic carbocycles. The molecule has 1 aliphatic rings. The molecule has 0 aliphatic heterocycles. The lowest BCUT2D eigenvalue weighted by Crippen LogP contribution is -2.45. The number of ether oxygens (including phenoxy) is 1. The number of esters is 1. The van der Waals surface area contributed by atoms with Crippen molar-refractivity contribution in [2.24, 2.45) is 17.3 Å². The zero-order valence-corrected chi connectivity index (χ0v) is 14.4. The van der Waals surface area contributed by atoms with Gasteiger partial charge in [0.1, 0.15) is 5.60 Å². The van der Waals surface area contributed by atoms with Crippen LogP contribution in [0.3, 0.4) is 0 Å². The third-order valence-electron chi connectivity index (χ3n) is 5.69. The van der Waals surface area contributed by atoms with Crippen molar-refractivity contribution in [1.29, 1.82) is 0 Å². The van der Waals surface area contributed by atoms with Crippen LogP contribution in [0.1, 0.15) is 86.5 Å². The third-order valence-corrected chi connectivity index (χ3v) is 5.69. The molecular formula is C18H34O2. The highest BCUT2D eigenvalue weighted by Gasteiger charge is 2.43. The summed E-state index contributed by atoms with van der Waals surface area (Å²) in [5.41, 5.74) is -0.596. The van der Waals surface area contributed by atoms with E-state index in [1.54, 1.807) is 0 Å². The predicted octanol–water partition coefficient (Wildman–Crippen LogP) is 5.35. The van der Waals surface area contributed by atoms with Crippen molar-refractivity contribution in [2.45, 2.75) is 92.1 Å². The summed E-state index contributed by atoms with van der Waals surface area (Å²) in [6.07, 6.45) is 7.69. The second-order valence-electron chi connectivity index (χ2n) is 7.36. The Kier molecular flexibility index (Phi) is 6.09. The van der Waals surface area contributed by atoms with Crippen molar-refractivity contribution >= 4 is 5.97 Å². The van der Waals surface area contributed by atoms with Crippen molar-refractivity contribution < 1.29 is 9.53 Å². The molecule has 0 spiro atoms. The molecule has 0 aromatic rings. The molecule has 0 unspecified atom stereocenters. The fourth-order valence-corrected chi connectivity index (χ4v) is 3.31. The molecule has 0 N–H and O–H groups in total. The minimum Gasteiger partial charge on any atom is -0.458 e. The lowest BCUT2D eigenvalue weighted by atomic mass is 9.71. The molecule has 0 aromatic heterocycles. The molecule has 0 bridgehead atoms. The Bertz CT molecular complexity index is 307. The quantitative estimate of drug-likeness (QED) is 0.614. The normalized spacial score (nSPS) is 24.5. The van der Waals surface area contributed by atoms with Crippen molar-refractivity contribution in [3.63, 3.8) is 0 Å². The molecule has 0 heterocycles. The van der Waals surface area contributed by atoms with Crippen LogP contribution in [0, 0.1) is 17.3 Å². The standard InChI is InChI=1S/C18H34O2/c1-7-17(5,6)16(19)20-18(8-2,9-3)15-12-10-14(4)11-13-15/h14-15H,7-13H2,1-6H3. The summed E-state index contributed by atoms with van der Waals surface area (Å²) < 4.78 is 6.13.